The number of sulfone groups is 1. The summed E-state index contributed by atoms with van der Waals surface area (Å²) in [5.74, 6) is -0.248. The molecular formula is C12H17NO5S. The molecule has 0 bridgehead atoms. The minimum absolute atomic E-state index is 0.0620. The highest BCUT2D eigenvalue weighted by Gasteiger charge is 2.24. The normalized spacial score (nSPS) is 22.3. The minimum atomic E-state index is -2.94. The molecule has 2 rings (SSSR count). The van der Waals surface area contributed by atoms with Crippen molar-refractivity contribution in [2.45, 2.75) is 32.4 Å². The summed E-state index contributed by atoms with van der Waals surface area (Å²) in [5.41, 5.74) is 0.570. The molecule has 106 valence electrons. The van der Waals surface area contributed by atoms with Crippen molar-refractivity contribution in [3.63, 3.8) is 0 Å². The van der Waals surface area contributed by atoms with Crippen LogP contribution in [-0.2, 0) is 16.4 Å². The zero-order valence-electron chi connectivity index (χ0n) is 10.7. The van der Waals surface area contributed by atoms with Gasteiger partial charge in [0, 0.05) is 11.6 Å². The number of nitrogens with one attached hydrogen (secondary N) is 1. The molecule has 1 unspecified atom stereocenters. The molecule has 1 saturated heterocycles. The molecule has 1 fully saturated rings. The van der Waals surface area contributed by atoms with E-state index < -0.39 is 15.8 Å². The minimum Gasteiger partial charge on any atom is -0.475 e. The molecule has 0 spiro atoms. The second-order valence-corrected chi connectivity index (χ2v) is 7.09. The molecule has 0 amide bonds. The van der Waals surface area contributed by atoms with Gasteiger partial charge in [-0.3, -0.25) is 0 Å². The second kappa shape index (κ2) is 5.34. The smallest absolute Gasteiger partial charge is 0.372 e. The monoisotopic (exact) mass is 287 g/mol. The Morgan fingerprint density at radius 1 is 1.58 bits per heavy atom. The predicted octanol–water partition coefficient (Wildman–Crippen LogP) is 0.953. The molecule has 2 heterocycles. The lowest BCUT2D eigenvalue weighted by Gasteiger charge is -2.22. The number of aryl methyl sites for hydroxylation is 1. The van der Waals surface area contributed by atoms with Crippen LogP contribution in [0.15, 0.2) is 10.5 Å². The molecular weight excluding hydrogens is 270 g/mol. The van der Waals surface area contributed by atoms with Crippen LogP contribution in [0, 0.1) is 6.92 Å². The largest absolute Gasteiger partial charge is 0.475 e. The summed E-state index contributed by atoms with van der Waals surface area (Å²) in [5, 5.41) is 12.0. The van der Waals surface area contributed by atoms with Gasteiger partial charge in [0.05, 0.1) is 18.1 Å². The van der Waals surface area contributed by atoms with Crippen molar-refractivity contribution in [1.82, 2.24) is 5.32 Å². The molecule has 1 aliphatic heterocycles. The van der Waals surface area contributed by atoms with Gasteiger partial charge in [0.25, 0.3) is 0 Å². The van der Waals surface area contributed by atoms with Crippen LogP contribution in [0.1, 0.15) is 34.7 Å². The first-order valence-electron chi connectivity index (χ1n) is 6.14. The van der Waals surface area contributed by atoms with Crippen molar-refractivity contribution in [3.8, 4) is 0 Å². The van der Waals surface area contributed by atoms with Crippen molar-refractivity contribution in [2.24, 2.45) is 0 Å². The van der Waals surface area contributed by atoms with E-state index in [2.05, 4.69) is 5.32 Å². The first-order chi connectivity index (χ1) is 8.87. The van der Waals surface area contributed by atoms with E-state index in [0.29, 0.717) is 24.3 Å². The van der Waals surface area contributed by atoms with Crippen LogP contribution < -0.4 is 5.32 Å². The maximum absolute atomic E-state index is 11.5. The van der Waals surface area contributed by atoms with Gasteiger partial charge in [-0.05, 0) is 25.8 Å². The van der Waals surface area contributed by atoms with Gasteiger partial charge in [0.1, 0.15) is 5.76 Å². The molecule has 1 atom stereocenters. The lowest BCUT2D eigenvalue weighted by molar-refractivity contribution is 0.0659. The zero-order valence-corrected chi connectivity index (χ0v) is 11.5. The van der Waals surface area contributed by atoms with Gasteiger partial charge in [-0.1, -0.05) is 0 Å². The van der Waals surface area contributed by atoms with Crippen LogP contribution in [0.3, 0.4) is 0 Å². The Morgan fingerprint density at radius 2 is 2.32 bits per heavy atom. The molecule has 0 radical (unpaired) electrons. The van der Waals surface area contributed by atoms with Gasteiger partial charge in [-0.25, -0.2) is 13.2 Å². The lowest BCUT2D eigenvalue weighted by atomic mass is 10.2. The van der Waals surface area contributed by atoms with E-state index in [4.69, 9.17) is 9.52 Å². The SMILES string of the molecule is Cc1cc(CNC2CCCS(=O)(=O)C2)oc1C(=O)O. The number of rotatable bonds is 4. The predicted molar refractivity (Wildman–Crippen MR) is 68.9 cm³/mol. The maximum Gasteiger partial charge on any atom is 0.372 e. The number of hydrogen-bond donors (Lipinski definition) is 2. The highest BCUT2D eigenvalue weighted by atomic mass is 32.2. The number of carboxylic acid groups (broad SMARTS) is 1. The van der Waals surface area contributed by atoms with Crippen LogP contribution in [0.25, 0.3) is 0 Å². The van der Waals surface area contributed by atoms with Gasteiger partial charge in [0.15, 0.2) is 9.84 Å². The van der Waals surface area contributed by atoms with E-state index in [0.717, 1.165) is 6.42 Å². The fourth-order valence-electron chi connectivity index (χ4n) is 2.28. The lowest BCUT2D eigenvalue weighted by Crippen LogP contribution is -2.39. The van der Waals surface area contributed by atoms with Gasteiger partial charge in [-0.15, -0.1) is 0 Å². The Morgan fingerprint density at radius 3 is 2.89 bits per heavy atom. The highest BCUT2D eigenvalue weighted by Crippen LogP contribution is 2.16. The van der Waals surface area contributed by atoms with Crippen LogP contribution in [0.5, 0.6) is 0 Å². The van der Waals surface area contributed by atoms with Crippen molar-refractivity contribution in [2.75, 3.05) is 11.5 Å². The molecule has 7 heteroatoms. The third-order valence-corrected chi connectivity index (χ3v) is 5.01. The number of hydrogen-bond acceptors (Lipinski definition) is 5. The van der Waals surface area contributed by atoms with Crippen molar-refractivity contribution in [1.29, 1.82) is 0 Å². The molecule has 6 nitrogen and oxygen atoms in total. The van der Waals surface area contributed by atoms with Crippen molar-refractivity contribution in [3.05, 3.63) is 23.2 Å². The maximum atomic E-state index is 11.5. The summed E-state index contributed by atoms with van der Waals surface area (Å²) in [4.78, 5) is 10.8. The fourth-order valence-corrected chi connectivity index (χ4v) is 3.95. The third-order valence-electron chi connectivity index (χ3n) is 3.19. The fraction of sp³-hybridized carbons (Fsp3) is 0.583. The van der Waals surface area contributed by atoms with E-state index in [1.807, 2.05) is 0 Å². The number of furan rings is 1. The van der Waals surface area contributed by atoms with E-state index >= 15 is 0 Å². The summed E-state index contributed by atoms with van der Waals surface area (Å²) in [6, 6.07) is 1.57. The van der Waals surface area contributed by atoms with E-state index in [9.17, 15) is 13.2 Å². The molecule has 0 aromatic carbocycles. The van der Waals surface area contributed by atoms with Gasteiger partial charge in [0.2, 0.25) is 5.76 Å². The first-order valence-corrected chi connectivity index (χ1v) is 7.96. The average molecular weight is 287 g/mol. The number of aromatic carboxylic acids is 1. The Labute approximate surface area is 111 Å². The summed E-state index contributed by atoms with van der Waals surface area (Å²) < 4.78 is 28.2. The molecule has 0 saturated carbocycles. The Kier molecular flexibility index (Phi) is 3.96. The van der Waals surface area contributed by atoms with Gasteiger partial charge in [-0.2, -0.15) is 0 Å². The van der Waals surface area contributed by atoms with Crippen LogP contribution in [0.2, 0.25) is 0 Å². The summed E-state index contributed by atoms with van der Waals surface area (Å²) in [6.45, 7) is 2.01. The zero-order chi connectivity index (χ0) is 14.0. The number of carboxylic acids is 1. The van der Waals surface area contributed by atoms with Gasteiger partial charge >= 0.3 is 5.97 Å². The van der Waals surface area contributed by atoms with Crippen molar-refractivity contribution >= 4 is 15.8 Å². The van der Waals surface area contributed by atoms with Crippen LogP contribution in [-0.4, -0.2) is 37.0 Å². The molecule has 1 aliphatic rings. The van der Waals surface area contributed by atoms with E-state index in [1.54, 1.807) is 13.0 Å². The average Bonchev–Trinajstić information content (AvgIpc) is 2.67. The molecule has 1 aromatic rings. The highest BCUT2D eigenvalue weighted by molar-refractivity contribution is 7.91. The molecule has 2 N–H and O–H groups in total. The Balaban J connectivity index is 1.95. The first kappa shape index (κ1) is 14.1. The summed E-state index contributed by atoms with van der Waals surface area (Å²) in [6.07, 6.45) is 1.47. The standard InChI is InChI=1S/C12H17NO5S/c1-8-5-10(18-11(8)12(14)15)6-13-9-3-2-4-19(16,17)7-9/h5,9,13H,2-4,6-7H2,1H3,(H,14,15). The summed E-state index contributed by atoms with van der Waals surface area (Å²) in [7, 11) is -2.94. The Hall–Kier alpha value is -1.34. The Bertz CT molecular complexity index is 575. The number of carbonyl (C=O) groups is 1. The quantitative estimate of drug-likeness (QED) is 0.856. The van der Waals surface area contributed by atoms with Crippen LogP contribution >= 0.6 is 0 Å². The summed E-state index contributed by atoms with van der Waals surface area (Å²) >= 11 is 0. The van der Waals surface area contributed by atoms with Gasteiger partial charge < -0.3 is 14.8 Å². The molecule has 19 heavy (non-hydrogen) atoms. The van der Waals surface area contributed by atoms with E-state index in [-0.39, 0.29) is 23.3 Å². The molecule has 1 aromatic heterocycles. The van der Waals surface area contributed by atoms with E-state index in [1.165, 1.54) is 0 Å². The topological polar surface area (TPSA) is 96.6 Å². The van der Waals surface area contributed by atoms with Crippen LogP contribution in [0.4, 0.5) is 0 Å². The third kappa shape index (κ3) is 3.57. The molecule has 0 aliphatic carbocycles. The van der Waals surface area contributed by atoms with Crippen molar-refractivity contribution < 1.29 is 22.7 Å². The second-order valence-electron chi connectivity index (χ2n) is 4.86.